The summed E-state index contributed by atoms with van der Waals surface area (Å²) in [6, 6.07) is 3.80. The van der Waals surface area contributed by atoms with Crippen LogP contribution in [0.3, 0.4) is 0 Å². The van der Waals surface area contributed by atoms with Crippen LogP contribution in [0.1, 0.15) is 24.5 Å². The van der Waals surface area contributed by atoms with Gasteiger partial charge in [-0.25, -0.2) is 4.98 Å². The lowest BCUT2D eigenvalue weighted by atomic mass is 9.96. The first-order chi connectivity index (χ1) is 7.84. The van der Waals surface area contributed by atoms with Crippen molar-refractivity contribution in [2.75, 3.05) is 18.8 Å². The fourth-order valence-electron chi connectivity index (χ4n) is 2.24. The van der Waals surface area contributed by atoms with Gasteiger partial charge in [0.1, 0.15) is 5.82 Å². The molecular weight excluding hydrogens is 202 g/mol. The Labute approximate surface area is 93.7 Å². The van der Waals surface area contributed by atoms with Crippen molar-refractivity contribution in [1.82, 2.24) is 19.9 Å². The van der Waals surface area contributed by atoms with E-state index in [9.17, 15) is 0 Å². The second-order valence-corrected chi connectivity index (χ2v) is 4.25. The van der Waals surface area contributed by atoms with Gasteiger partial charge in [0, 0.05) is 24.7 Å². The summed E-state index contributed by atoms with van der Waals surface area (Å²) in [5.74, 6) is 1.13. The van der Waals surface area contributed by atoms with Crippen LogP contribution in [0, 0.1) is 0 Å². The first-order valence-electron chi connectivity index (χ1n) is 5.65. The van der Waals surface area contributed by atoms with Gasteiger partial charge in [-0.05, 0) is 25.5 Å². The topological polar surface area (TPSA) is 68.2 Å². The van der Waals surface area contributed by atoms with Crippen LogP contribution in [-0.2, 0) is 0 Å². The van der Waals surface area contributed by atoms with Crippen LogP contribution in [0.15, 0.2) is 18.3 Å². The van der Waals surface area contributed by atoms with Crippen molar-refractivity contribution < 1.29 is 0 Å². The number of nitrogen functional groups attached to an aromatic ring is 1. The van der Waals surface area contributed by atoms with Gasteiger partial charge in [-0.1, -0.05) is 0 Å². The fourth-order valence-corrected chi connectivity index (χ4v) is 2.24. The van der Waals surface area contributed by atoms with E-state index in [4.69, 9.17) is 5.73 Å². The van der Waals surface area contributed by atoms with E-state index in [1.54, 1.807) is 16.8 Å². The Hall–Kier alpha value is -1.62. The zero-order valence-electron chi connectivity index (χ0n) is 9.06. The molecule has 0 amide bonds. The lowest BCUT2D eigenvalue weighted by Crippen LogP contribution is -2.28. The Morgan fingerprint density at radius 1 is 1.50 bits per heavy atom. The molecule has 2 aromatic rings. The summed E-state index contributed by atoms with van der Waals surface area (Å²) in [6.45, 7) is 2.12. The highest BCUT2D eigenvalue weighted by atomic mass is 15.3. The number of piperidine rings is 1. The van der Waals surface area contributed by atoms with Gasteiger partial charge in [0.15, 0.2) is 5.65 Å². The van der Waals surface area contributed by atoms with Crippen molar-refractivity contribution >= 4 is 11.5 Å². The van der Waals surface area contributed by atoms with Gasteiger partial charge >= 0.3 is 0 Å². The molecule has 0 bridgehead atoms. The van der Waals surface area contributed by atoms with Gasteiger partial charge < -0.3 is 11.1 Å². The van der Waals surface area contributed by atoms with Gasteiger partial charge in [0.25, 0.3) is 0 Å². The maximum Gasteiger partial charge on any atom is 0.157 e. The summed E-state index contributed by atoms with van der Waals surface area (Å²) in [5.41, 5.74) is 7.77. The molecule has 16 heavy (non-hydrogen) atoms. The lowest BCUT2D eigenvalue weighted by Gasteiger charge is -2.20. The van der Waals surface area contributed by atoms with Crippen molar-refractivity contribution in [3.8, 4) is 0 Å². The highest BCUT2D eigenvalue weighted by molar-refractivity contribution is 5.46. The number of nitrogens with one attached hydrogen (secondary N) is 1. The molecule has 84 valence electrons. The average molecular weight is 217 g/mol. The van der Waals surface area contributed by atoms with Gasteiger partial charge in [0.05, 0.1) is 5.69 Å². The minimum Gasteiger partial charge on any atom is -0.384 e. The van der Waals surface area contributed by atoms with E-state index in [0.29, 0.717) is 11.7 Å². The second-order valence-electron chi connectivity index (χ2n) is 4.25. The molecule has 3 heterocycles. The highest BCUT2D eigenvalue weighted by Gasteiger charge is 2.18. The van der Waals surface area contributed by atoms with Crippen molar-refractivity contribution in [2.24, 2.45) is 0 Å². The number of aromatic nitrogens is 3. The molecular formula is C11H15N5. The number of hydrogen-bond donors (Lipinski definition) is 2. The van der Waals surface area contributed by atoms with Gasteiger partial charge in [0.2, 0.25) is 0 Å². The number of rotatable bonds is 1. The van der Waals surface area contributed by atoms with Crippen LogP contribution >= 0.6 is 0 Å². The van der Waals surface area contributed by atoms with Crippen LogP contribution in [0.5, 0.6) is 0 Å². The molecule has 1 saturated heterocycles. The Morgan fingerprint density at radius 2 is 2.44 bits per heavy atom. The fraction of sp³-hybridized carbons (Fsp3) is 0.455. The summed E-state index contributed by atoms with van der Waals surface area (Å²) in [5, 5.41) is 7.92. The lowest BCUT2D eigenvalue weighted by molar-refractivity contribution is 0.453. The molecule has 0 aliphatic carbocycles. The molecule has 5 nitrogen and oxygen atoms in total. The van der Waals surface area contributed by atoms with Crippen molar-refractivity contribution in [3.63, 3.8) is 0 Å². The molecule has 1 aliphatic heterocycles. The van der Waals surface area contributed by atoms with Gasteiger partial charge in [-0.2, -0.15) is 9.61 Å². The number of nitrogens with zero attached hydrogens (tertiary/aromatic N) is 3. The highest BCUT2D eigenvalue weighted by Crippen LogP contribution is 2.23. The molecule has 2 aromatic heterocycles. The zero-order valence-corrected chi connectivity index (χ0v) is 9.06. The third-order valence-electron chi connectivity index (χ3n) is 3.12. The van der Waals surface area contributed by atoms with Crippen molar-refractivity contribution in [2.45, 2.75) is 18.8 Å². The van der Waals surface area contributed by atoms with E-state index >= 15 is 0 Å². The number of anilines is 1. The number of nitrogens with two attached hydrogens (primary N) is 1. The molecule has 0 aromatic carbocycles. The molecule has 0 spiro atoms. The summed E-state index contributed by atoms with van der Waals surface area (Å²) < 4.78 is 1.71. The molecule has 5 heteroatoms. The molecule has 3 rings (SSSR count). The first-order valence-corrected chi connectivity index (χ1v) is 5.65. The largest absolute Gasteiger partial charge is 0.384 e. The van der Waals surface area contributed by atoms with E-state index in [1.165, 1.54) is 12.8 Å². The first kappa shape index (κ1) is 9.59. The standard InChI is InChI=1S/C11H15N5/c12-10-3-5-14-11-6-9(15-16(10)11)8-2-1-4-13-7-8/h3,5-6,8,13H,1-2,4,7,12H2. The summed E-state index contributed by atoms with van der Waals surface area (Å²) in [6.07, 6.45) is 4.12. The van der Waals surface area contributed by atoms with Gasteiger partial charge in [-0.15, -0.1) is 0 Å². The summed E-state index contributed by atoms with van der Waals surface area (Å²) >= 11 is 0. The smallest absolute Gasteiger partial charge is 0.157 e. The molecule has 0 radical (unpaired) electrons. The molecule has 1 unspecified atom stereocenters. The van der Waals surface area contributed by atoms with Gasteiger partial charge in [-0.3, -0.25) is 0 Å². The van der Waals surface area contributed by atoms with Crippen LogP contribution in [0.25, 0.3) is 5.65 Å². The Morgan fingerprint density at radius 3 is 3.19 bits per heavy atom. The van der Waals surface area contributed by atoms with Crippen molar-refractivity contribution in [1.29, 1.82) is 0 Å². The Kier molecular flexibility index (Phi) is 2.25. The minimum absolute atomic E-state index is 0.495. The van der Waals surface area contributed by atoms with Crippen LogP contribution < -0.4 is 11.1 Å². The van der Waals surface area contributed by atoms with Crippen LogP contribution in [-0.4, -0.2) is 27.7 Å². The molecule has 3 N–H and O–H groups in total. The third kappa shape index (κ3) is 1.53. The quantitative estimate of drug-likeness (QED) is 0.740. The molecule has 1 atom stereocenters. The van der Waals surface area contributed by atoms with Crippen LogP contribution in [0.2, 0.25) is 0 Å². The predicted octanol–water partition coefficient (Wildman–Crippen LogP) is 0.778. The summed E-state index contributed by atoms with van der Waals surface area (Å²) in [4.78, 5) is 4.26. The summed E-state index contributed by atoms with van der Waals surface area (Å²) in [7, 11) is 0. The predicted molar refractivity (Wildman–Crippen MR) is 62.2 cm³/mol. The van der Waals surface area contributed by atoms with E-state index in [2.05, 4.69) is 15.4 Å². The normalized spacial score (nSPS) is 21.4. The van der Waals surface area contributed by atoms with E-state index in [1.807, 2.05) is 6.07 Å². The van der Waals surface area contributed by atoms with E-state index < -0.39 is 0 Å². The maximum absolute atomic E-state index is 5.84. The zero-order chi connectivity index (χ0) is 11.0. The minimum atomic E-state index is 0.495. The number of hydrogen-bond acceptors (Lipinski definition) is 4. The molecule has 0 saturated carbocycles. The van der Waals surface area contributed by atoms with E-state index in [-0.39, 0.29) is 0 Å². The third-order valence-corrected chi connectivity index (χ3v) is 3.12. The second kappa shape index (κ2) is 3.75. The molecule has 1 fully saturated rings. The monoisotopic (exact) mass is 217 g/mol. The maximum atomic E-state index is 5.84. The average Bonchev–Trinajstić information content (AvgIpc) is 2.76. The van der Waals surface area contributed by atoms with E-state index in [0.717, 1.165) is 24.4 Å². The molecule has 1 aliphatic rings. The van der Waals surface area contributed by atoms with Crippen molar-refractivity contribution in [3.05, 3.63) is 24.0 Å². The van der Waals surface area contributed by atoms with Crippen LogP contribution in [0.4, 0.5) is 5.82 Å². The Balaban J connectivity index is 2.01. The Bertz CT molecular complexity index is 498. The number of fused-ring (bicyclic) bond motifs is 1. The SMILES string of the molecule is Nc1ccnc2cc(C3CCCNC3)nn12.